The molecule has 0 saturated heterocycles. The summed E-state index contributed by atoms with van der Waals surface area (Å²) in [7, 11) is 1.42. The number of anilines is 1. The van der Waals surface area contributed by atoms with Crippen molar-refractivity contribution in [2.24, 2.45) is 7.05 Å². The molecule has 1 aromatic heterocycles. The molecule has 0 fully saturated rings. The van der Waals surface area contributed by atoms with E-state index in [9.17, 15) is 29.4 Å². The van der Waals surface area contributed by atoms with Crippen molar-refractivity contribution < 1.29 is 34.0 Å². The van der Waals surface area contributed by atoms with Crippen LogP contribution in [-0.2, 0) is 17.4 Å². The zero-order valence-electron chi connectivity index (χ0n) is 24.7. The molecule has 0 bridgehead atoms. The van der Waals surface area contributed by atoms with Gasteiger partial charge in [0.25, 0.3) is 0 Å². The van der Waals surface area contributed by atoms with Gasteiger partial charge in [-0.2, -0.15) is 0 Å². The number of amides is 2. The van der Waals surface area contributed by atoms with Gasteiger partial charge in [-0.25, -0.2) is 18.3 Å². The second-order valence-electron chi connectivity index (χ2n) is 10.9. The van der Waals surface area contributed by atoms with Crippen molar-refractivity contribution in [1.82, 2.24) is 13.8 Å². The zero-order valence-corrected chi connectivity index (χ0v) is 25.5. The number of ether oxygens (including phenoxy) is 3. The SMILES string of the molecule is Cn1c(=O)sn(-c2cccc(OCCCNC(=O)Nc3ccc4c(c3)C(=O)OC43c4ccc(O)cc4Oc4cc(O)ccc43)c2)c1=O. The van der Waals surface area contributed by atoms with Gasteiger partial charge in [0.1, 0.15) is 28.7 Å². The molecule has 0 radical (unpaired) electrons. The highest BCUT2D eigenvalue weighted by Gasteiger charge is 2.53. The van der Waals surface area contributed by atoms with Crippen molar-refractivity contribution in [3.63, 3.8) is 0 Å². The molecule has 4 N–H and O–H groups in total. The monoisotopic (exact) mass is 654 g/mol. The summed E-state index contributed by atoms with van der Waals surface area (Å²) in [5, 5.41) is 25.7. The maximum absolute atomic E-state index is 13.3. The molecule has 13 nitrogen and oxygen atoms in total. The number of carbonyl (C=O) groups excluding carboxylic acids is 2. The van der Waals surface area contributed by atoms with E-state index in [1.807, 2.05) is 0 Å². The second-order valence-corrected chi connectivity index (χ2v) is 11.8. The van der Waals surface area contributed by atoms with E-state index in [0.29, 0.717) is 40.2 Å². The summed E-state index contributed by atoms with van der Waals surface area (Å²) in [6.07, 6.45) is 0.474. The van der Waals surface area contributed by atoms with Gasteiger partial charge in [0.15, 0.2) is 5.60 Å². The number of benzene rings is 4. The lowest BCUT2D eigenvalue weighted by atomic mass is 9.77. The summed E-state index contributed by atoms with van der Waals surface area (Å²) in [6, 6.07) is 20.2. The average molecular weight is 655 g/mol. The topological polar surface area (TPSA) is 170 Å². The van der Waals surface area contributed by atoms with Crippen LogP contribution in [0.25, 0.3) is 5.69 Å². The number of hydrogen-bond acceptors (Lipinski definition) is 10. The van der Waals surface area contributed by atoms with Crippen molar-refractivity contribution >= 4 is 29.2 Å². The number of esters is 1. The number of aromatic nitrogens is 2. The lowest BCUT2D eigenvalue weighted by Gasteiger charge is -2.36. The Balaban J connectivity index is 1.01. The average Bonchev–Trinajstić information content (AvgIpc) is 3.48. The van der Waals surface area contributed by atoms with Crippen molar-refractivity contribution in [3.8, 4) is 34.4 Å². The molecule has 3 heterocycles. The Morgan fingerprint density at radius 1 is 0.915 bits per heavy atom. The summed E-state index contributed by atoms with van der Waals surface area (Å²) in [5.74, 6) is 0.351. The number of rotatable bonds is 7. The van der Waals surface area contributed by atoms with Gasteiger partial charge in [-0.1, -0.05) is 12.1 Å². The Bertz CT molecular complexity index is 2150. The summed E-state index contributed by atoms with van der Waals surface area (Å²) < 4.78 is 20.1. The van der Waals surface area contributed by atoms with Gasteiger partial charge in [0, 0.05) is 65.7 Å². The molecule has 2 aliphatic heterocycles. The van der Waals surface area contributed by atoms with Crippen LogP contribution < -0.4 is 30.7 Å². The van der Waals surface area contributed by atoms with Crippen LogP contribution in [0, 0.1) is 0 Å². The summed E-state index contributed by atoms with van der Waals surface area (Å²) >= 11 is 0.801. The van der Waals surface area contributed by atoms with Gasteiger partial charge >= 0.3 is 22.6 Å². The number of urea groups is 1. The summed E-state index contributed by atoms with van der Waals surface area (Å²) in [5.41, 5.74) is 0.804. The molecule has 14 heteroatoms. The Kier molecular flexibility index (Phi) is 7.20. The molecule has 0 saturated carbocycles. The summed E-state index contributed by atoms with van der Waals surface area (Å²) in [4.78, 5) is 49.7. The van der Waals surface area contributed by atoms with Gasteiger partial charge in [0.05, 0.1) is 17.9 Å². The third-order valence-corrected chi connectivity index (χ3v) is 8.84. The number of carbonyl (C=O) groups is 2. The molecule has 2 aliphatic rings. The highest BCUT2D eigenvalue weighted by atomic mass is 32.1. The van der Waals surface area contributed by atoms with Crippen molar-refractivity contribution in [3.05, 3.63) is 121 Å². The first-order chi connectivity index (χ1) is 22.6. The smallest absolute Gasteiger partial charge is 0.345 e. The van der Waals surface area contributed by atoms with Crippen LogP contribution in [0.5, 0.6) is 28.7 Å². The summed E-state index contributed by atoms with van der Waals surface area (Å²) in [6.45, 7) is 0.563. The van der Waals surface area contributed by atoms with Crippen LogP contribution in [-0.4, -0.2) is 43.9 Å². The first kappa shape index (κ1) is 29.7. The van der Waals surface area contributed by atoms with Crippen molar-refractivity contribution in [1.29, 1.82) is 0 Å². The second kappa shape index (κ2) is 11.4. The van der Waals surface area contributed by atoms with E-state index in [0.717, 1.165) is 16.1 Å². The van der Waals surface area contributed by atoms with Crippen LogP contribution in [0.4, 0.5) is 10.5 Å². The molecule has 4 aromatic carbocycles. The van der Waals surface area contributed by atoms with E-state index < -0.39 is 23.3 Å². The molecule has 1 spiro atoms. The molecule has 5 aromatic rings. The van der Waals surface area contributed by atoms with Crippen LogP contribution in [0.3, 0.4) is 0 Å². The van der Waals surface area contributed by atoms with Crippen molar-refractivity contribution in [2.75, 3.05) is 18.5 Å². The molecule has 0 aliphatic carbocycles. The van der Waals surface area contributed by atoms with Gasteiger partial charge in [-0.05, 0) is 55.0 Å². The van der Waals surface area contributed by atoms with Crippen LogP contribution in [0.15, 0.2) is 88.5 Å². The Labute approximate surface area is 270 Å². The molecule has 238 valence electrons. The van der Waals surface area contributed by atoms with E-state index in [1.165, 1.54) is 41.3 Å². The minimum absolute atomic E-state index is 0.0419. The van der Waals surface area contributed by atoms with Crippen LogP contribution >= 0.6 is 11.5 Å². The lowest BCUT2D eigenvalue weighted by molar-refractivity contribution is 0.0224. The van der Waals surface area contributed by atoms with Gasteiger partial charge < -0.3 is 35.1 Å². The zero-order chi connectivity index (χ0) is 32.9. The van der Waals surface area contributed by atoms with E-state index in [2.05, 4.69) is 10.6 Å². The number of nitrogens with zero attached hydrogens (tertiary/aromatic N) is 2. The molecule has 7 rings (SSSR count). The van der Waals surface area contributed by atoms with E-state index in [1.54, 1.807) is 48.5 Å². The normalized spacial score (nSPS) is 13.6. The number of hydrogen-bond donors (Lipinski definition) is 4. The van der Waals surface area contributed by atoms with Gasteiger partial charge in [0.2, 0.25) is 0 Å². The molecule has 0 atom stereocenters. The third kappa shape index (κ3) is 5.13. The number of nitrogens with one attached hydrogen (secondary N) is 2. The van der Waals surface area contributed by atoms with Crippen LogP contribution in [0.1, 0.15) is 33.5 Å². The van der Waals surface area contributed by atoms with E-state index in [-0.39, 0.29) is 46.6 Å². The highest BCUT2D eigenvalue weighted by Crippen LogP contribution is 2.57. The highest BCUT2D eigenvalue weighted by molar-refractivity contribution is 7.03. The third-order valence-electron chi connectivity index (χ3n) is 7.86. The van der Waals surface area contributed by atoms with Gasteiger partial charge in [-0.15, -0.1) is 0 Å². The van der Waals surface area contributed by atoms with E-state index in [4.69, 9.17) is 14.2 Å². The van der Waals surface area contributed by atoms with Crippen molar-refractivity contribution in [2.45, 2.75) is 12.0 Å². The maximum Gasteiger partial charge on any atom is 0.345 e. The molecule has 47 heavy (non-hydrogen) atoms. The fraction of sp³-hybridized carbons (Fsp3) is 0.152. The first-order valence-electron chi connectivity index (χ1n) is 14.4. The van der Waals surface area contributed by atoms with E-state index >= 15 is 0 Å². The predicted molar refractivity (Wildman–Crippen MR) is 170 cm³/mol. The fourth-order valence-electron chi connectivity index (χ4n) is 5.68. The Hall–Kier alpha value is -6.02. The number of phenols is 2. The molecular weight excluding hydrogens is 628 g/mol. The minimum atomic E-state index is -1.40. The standard InChI is InChI=1S/C33H26N4O9S/c1-36-31(42)37(47-32(36)43)19-4-2-5-22(15-19)44-13-3-12-34-30(41)35-18-6-9-24-23(14-18)29(40)46-33(24)25-10-7-20(38)16-27(25)45-28-17-21(39)8-11-26(28)33/h2,4-11,14-17,38-39H,3,12-13H2,1H3,(H2,34,35,41). The van der Waals surface area contributed by atoms with Gasteiger partial charge in [-0.3, -0.25) is 9.36 Å². The number of fused-ring (bicyclic) bond motifs is 6. The predicted octanol–water partition coefficient (Wildman–Crippen LogP) is 4.17. The maximum atomic E-state index is 13.3. The molecule has 2 amide bonds. The number of aromatic hydroxyl groups is 2. The largest absolute Gasteiger partial charge is 0.508 e. The molecule has 0 unspecified atom stereocenters. The Morgan fingerprint density at radius 3 is 2.30 bits per heavy atom. The molecular formula is C33H26N4O9S. The lowest BCUT2D eigenvalue weighted by Crippen LogP contribution is -2.33. The minimum Gasteiger partial charge on any atom is -0.508 e. The quantitative estimate of drug-likeness (QED) is 0.149. The fourth-order valence-corrected chi connectivity index (χ4v) is 6.45. The Morgan fingerprint density at radius 2 is 1.62 bits per heavy atom. The number of phenolic OH excluding ortho intramolecular Hbond substituents is 2. The first-order valence-corrected chi connectivity index (χ1v) is 15.2. The van der Waals surface area contributed by atoms with Crippen LogP contribution in [0.2, 0.25) is 0 Å².